The molecule has 0 aliphatic heterocycles. The van der Waals surface area contributed by atoms with E-state index in [1.165, 1.54) is 6.07 Å². The summed E-state index contributed by atoms with van der Waals surface area (Å²) in [5, 5.41) is 13.6. The first-order chi connectivity index (χ1) is 10.6. The molecular formula is C17H13BrN2O2. The van der Waals surface area contributed by atoms with E-state index < -0.39 is 0 Å². The highest BCUT2D eigenvalue weighted by atomic mass is 79.9. The molecule has 0 unspecified atom stereocenters. The van der Waals surface area contributed by atoms with Gasteiger partial charge < -0.3 is 10.4 Å². The number of nitrogens with zero attached hydrogens (tertiary/aromatic N) is 1. The Labute approximate surface area is 135 Å². The molecule has 0 bridgehead atoms. The van der Waals surface area contributed by atoms with Gasteiger partial charge in [-0.1, -0.05) is 28.1 Å². The molecule has 3 aromatic rings. The lowest BCUT2D eigenvalue weighted by Gasteiger charge is -2.08. The van der Waals surface area contributed by atoms with E-state index in [4.69, 9.17) is 0 Å². The van der Waals surface area contributed by atoms with Crippen LogP contribution in [0, 0.1) is 0 Å². The summed E-state index contributed by atoms with van der Waals surface area (Å²) >= 11 is 3.29. The second kappa shape index (κ2) is 6.15. The summed E-state index contributed by atoms with van der Waals surface area (Å²) in [6, 6.07) is 14.5. The third kappa shape index (κ3) is 3.09. The zero-order valence-corrected chi connectivity index (χ0v) is 13.2. The molecule has 1 amide bonds. The minimum Gasteiger partial charge on any atom is -0.507 e. The molecule has 0 aliphatic carbocycles. The average Bonchev–Trinajstić information content (AvgIpc) is 2.54. The summed E-state index contributed by atoms with van der Waals surface area (Å²) in [7, 11) is 0. The van der Waals surface area contributed by atoms with Gasteiger partial charge in [0.1, 0.15) is 5.75 Å². The molecule has 3 rings (SSSR count). The molecule has 0 saturated heterocycles. The van der Waals surface area contributed by atoms with E-state index in [9.17, 15) is 9.90 Å². The molecule has 22 heavy (non-hydrogen) atoms. The maximum Gasteiger partial charge on any atom is 0.255 e. The highest BCUT2D eigenvalue weighted by molar-refractivity contribution is 9.10. The molecule has 0 spiro atoms. The maximum atomic E-state index is 12.2. The molecule has 2 aromatic carbocycles. The molecule has 110 valence electrons. The summed E-state index contributed by atoms with van der Waals surface area (Å²) in [6.07, 6.45) is 1.75. The lowest BCUT2D eigenvalue weighted by atomic mass is 10.1. The van der Waals surface area contributed by atoms with Crippen molar-refractivity contribution in [1.29, 1.82) is 0 Å². The zero-order chi connectivity index (χ0) is 15.5. The van der Waals surface area contributed by atoms with Crippen molar-refractivity contribution in [3.63, 3.8) is 0 Å². The Morgan fingerprint density at radius 2 is 2.05 bits per heavy atom. The number of amides is 1. The quantitative estimate of drug-likeness (QED) is 0.753. The Balaban J connectivity index is 1.75. The van der Waals surface area contributed by atoms with E-state index >= 15 is 0 Å². The molecule has 0 radical (unpaired) electrons. The number of rotatable bonds is 3. The molecule has 0 aliphatic rings. The van der Waals surface area contributed by atoms with Gasteiger partial charge in [-0.2, -0.15) is 0 Å². The van der Waals surface area contributed by atoms with Crippen LogP contribution in [0.4, 0.5) is 0 Å². The second-order valence-corrected chi connectivity index (χ2v) is 5.79. The number of hydrogen-bond acceptors (Lipinski definition) is 3. The number of carbonyl (C=O) groups excluding carboxylic acids is 1. The minimum atomic E-state index is -0.315. The molecule has 0 saturated carbocycles. The molecule has 5 heteroatoms. The van der Waals surface area contributed by atoms with E-state index in [0.717, 1.165) is 20.9 Å². The van der Waals surface area contributed by atoms with Gasteiger partial charge in [0.2, 0.25) is 0 Å². The third-order valence-corrected chi connectivity index (χ3v) is 3.82. The van der Waals surface area contributed by atoms with Crippen LogP contribution in [0.25, 0.3) is 10.9 Å². The van der Waals surface area contributed by atoms with Crippen molar-refractivity contribution in [1.82, 2.24) is 10.3 Å². The van der Waals surface area contributed by atoms with E-state index in [0.29, 0.717) is 6.54 Å². The van der Waals surface area contributed by atoms with Crippen LogP contribution in [0.2, 0.25) is 0 Å². The Kier molecular flexibility index (Phi) is 4.06. The van der Waals surface area contributed by atoms with Gasteiger partial charge in [0.15, 0.2) is 0 Å². The molecule has 4 nitrogen and oxygen atoms in total. The Bertz CT molecular complexity index is 849. The number of aromatic nitrogens is 1. The number of fused-ring (bicyclic) bond motifs is 1. The normalized spacial score (nSPS) is 10.6. The fourth-order valence-corrected chi connectivity index (χ4v) is 2.56. The van der Waals surface area contributed by atoms with Crippen LogP contribution in [-0.4, -0.2) is 16.0 Å². The topological polar surface area (TPSA) is 62.2 Å². The highest BCUT2D eigenvalue weighted by Gasteiger charge is 2.11. The number of aromatic hydroxyl groups is 1. The fourth-order valence-electron chi connectivity index (χ4n) is 2.20. The van der Waals surface area contributed by atoms with Crippen molar-refractivity contribution in [2.24, 2.45) is 0 Å². The van der Waals surface area contributed by atoms with Gasteiger partial charge in [-0.3, -0.25) is 9.78 Å². The van der Waals surface area contributed by atoms with Crippen molar-refractivity contribution in [3.8, 4) is 5.75 Å². The summed E-state index contributed by atoms with van der Waals surface area (Å²) < 4.78 is 0.743. The first kappa shape index (κ1) is 14.5. The molecular weight excluding hydrogens is 344 g/mol. The molecule has 2 N–H and O–H groups in total. The summed E-state index contributed by atoms with van der Waals surface area (Å²) in [6.45, 7) is 0.385. The first-order valence-electron chi connectivity index (χ1n) is 6.74. The molecule has 0 atom stereocenters. The van der Waals surface area contributed by atoms with E-state index in [1.807, 2.05) is 30.3 Å². The van der Waals surface area contributed by atoms with Gasteiger partial charge in [0.05, 0.1) is 11.1 Å². The molecule has 1 aromatic heterocycles. The summed E-state index contributed by atoms with van der Waals surface area (Å²) in [5.74, 6) is -0.353. The Hall–Kier alpha value is -2.40. The lowest BCUT2D eigenvalue weighted by molar-refractivity contribution is 0.0948. The predicted octanol–water partition coefficient (Wildman–Crippen LogP) is 3.63. The van der Waals surface area contributed by atoms with Gasteiger partial charge >= 0.3 is 0 Å². The van der Waals surface area contributed by atoms with E-state index in [2.05, 4.69) is 26.2 Å². The molecule has 0 fully saturated rings. The number of benzene rings is 2. The average molecular weight is 357 g/mol. The fraction of sp³-hybridized carbons (Fsp3) is 0.0588. The van der Waals surface area contributed by atoms with Crippen molar-refractivity contribution in [3.05, 3.63) is 70.3 Å². The monoisotopic (exact) mass is 356 g/mol. The van der Waals surface area contributed by atoms with Crippen LogP contribution in [0.3, 0.4) is 0 Å². The number of phenols is 1. The van der Waals surface area contributed by atoms with Gasteiger partial charge in [-0.05, 0) is 42.0 Å². The smallest absolute Gasteiger partial charge is 0.255 e. The highest BCUT2D eigenvalue weighted by Crippen LogP contribution is 2.22. The van der Waals surface area contributed by atoms with E-state index in [1.54, 1.807) is 18.3 Å². The van der Waals surface area contributed by atoms with E-state index in [-0.39, 0.29) is 17.2 Å². The number of phenolic OH excluding ortho intramolecular Hbond substituents is 1. The third-order valence-electron chi connectivity index (χ3n) is 3.32. The second-order valence-electron chi connectivity index (χ2n) is 4.87. The number of halogens is 1. The van der Waals surface area contributed by atoms with Gasteiger partial charge in [-0.15, -0.1) is 0 Å². The number of pyridine rings is 1. The van der Waals surface area contributed by atoms with Gasteiger partial charge in [-0.25, -0.2) is 0 Å². The Morgan fingerprint density at radius 1 is 1.18 bits per heavy atom. The van der Waals surface area contributed by atoms with Crippen LogP contribution in [0.1, 0.15) is 15.9 Å². The number of carbonyl (C=O) groups is 1. The van der Waals surface area contributed by atoms with Crippen molar-refractivity contribution < 1.29 is 9.90 Å². The van der Waals surface area contributed by atoms with Crippen LogP contribution in [0.5, 0.6) is 5.75 Å². The first-order valence-corrected chi connectivity index (χ1v) is 7.53. The van der Waals surface area contributed by atoms with Crippen molar-refractivity contribution in [2.75, 3.05) is 0 Å². The van der Waals surface area contributed by atoms with Crippen molar-refractivity contribution >= 4 is 32.7 Å². The lowest BCUT2D eigenvalue weighted by Crippen LogP contribution is -2.22. The minimum absolute atomic E-state index is 0.0385. The number of hydrogen-bond donors (Lipinski definition) is 2. The zero-order valence-electron chi connectivity index (χ0n) is 11.6. The van der Waals surface area contributed by atoms with Crippen LogP contribution in [-0.2, 0) is 6.54 Å². The number of nitrogens with one attached hydrogen (secondary N) is 1. The van der Waals surface area contributed by atoms with Crippen LogP contribution in [0.15, 0.2) is 59.2 Å². The standard InChI is InChI=1S/C17H13BrN2O2/c18-13-4-6-16(21)14(9-13)17(22)20-10-11-3-5-15-12(8-11)2-1-7-19-15/h1-9,21H,10H2,(H,20,22). The van der Waals surface area contributed by atoms with Gasteiger partial charge in [0.25, 0.3) is 5.91 Å². The van der Waals surface area contributed by atoms with Crippen LogP contribution < -0.4 is 5.32 Å². The Morgan fingerprint density at radius 3 is 2.91 bits per heavy atom. The maximum absolute atomic E-state index is 12.2. The summed E-state index contributed by atoms with van der Waals surface area (Å²) in [5.41, 5.74) is 2.14. The summed E-state index contributed by atoms with van der Waals surface area (Å²) in [4.78, 5) is 16.4. The molecule has 1 heterocycles. The van der Waals surface area contributed by atoms with Crippen LogP contribution >= 0.6 is 15.9 Å². The SMILES string of the molecule is O=C(NCc1ccc2ncccc2c1)c1cc(Br)ccc1O. The van der Waals surface area contributed by atoms with Crippen molar-refractivity contribution in [2.45, 2.75) is 6.54 Å². The largest absolute Gasteiger partial charge is 0.507 e. The predicted molar refractivity (Wildman–Crippen MR) is 88.7 cm³/mol. The van der Waals surface area contributed by atoms with Gasteiger partial charge in [0, 0.05) is 22.6 Å².